The number of nitrogens with two attached hydrogens (primary N) is 1. The fourth-order valence-corrected chi connectivity index (χ4v) is 2.62. The van der Waals surface area contributed by atoms with E-state index in [1.807, 2.05) is 25.1 Å². The van der Waals surface area contributed by atoms with Crippen LogP contribution in [-0.4, -0.2) is 0 Å². The fraction of sp³-hybridized carbons (Fsp3) is 0.200. The first-order chi connectivity index (χ1) is 9.52. The molecule has 0 heterocycles. The molecule has 0 saturated carbocycles. The number of rotatable bonds is 4. The molecule has 0 aromatic heterocycles. The van der Waals surface area contributed by atoms with Crippen LogP contribution in [0.2, 0.25) is 5.02 Å². The summed E-state index contributed by atoms with van der Waals surface area (Å²) in [5.74, 6) is 5.21. The molecule has 5 heteroatoms. The minimum absolute atomic E-state index is 0.133. The minimum atomic E-state index is -0.412. The van der Waals surface area contributed by atoms with Gasteiger partial charge < -0.3 is 0 Å². The van der Waals surface area contributed by atoms with E-state index in [4.69, 9.17) is 17.4 Å². The molecule has 0 radical (unpaired) electrons. The van der Waals surface area contributed by atoms with E-state index in [2.05, 4.69) is 21.4 Å². The zero-order chi connectivity index (χ0) is 14.7. The van der Waals surface area contributed by atoms with E-state index in [0.29, 0.717) is 6.42 Å². The summed E-state index contributed by atoms with van der Waals surface area (Å²) < 4.78 is 14.5. The smallest absolute Gasteiger partial charge is 0.142 e. The molecule has 0 aliphatic carbocycles. The topological polar surface area (TPSA) is 38.0 Å². The van der Waals surface area contributed by atoms with Gasteiger partial charge in [0, 0.05) is 4.47 Å². The molecule has 3 N–H and O–H groups in total. The largest absolute Gasteiger partial charge is 0.271 e. The molecule has 2 aromatic carbocycles. The molecule has 2 rings (SSSR count). The molecule has 106 valence electrons. The number of aryl methyl sites for hydroxylation is 1. The molecule has 20 heavy (non-hydrogen) atoms. The SMILES string of the molecule is Cc1ccc(C(Cc2cccc(F)c2Cl)NN)cc1Br. The number of hydrogen-bond donors (Lipinski definition) is 2. The highest BCUT2D eigenvalue weighted by atomic mass is 79.9. The van der Waals surface area contributed by atoms with Crippen LogP contribution in [0.5, 0.6) is 0 Å². The van der Waals surface area contributed by atoms with Crippen LogP contribution in [0.25, 0.3) is 0 Å². The molecular formula is C15H15BrClFN2. The van der Waals surface area contributed by atoms with Gasteiger partial charge in [-0.05, 0) is 42.2 Å². The van der Waals surface area contributed by atoms with E-state index in [1.54, 1.807) is 12.1 Å². The van der Waals surface area contributed by atoms with Gasteiger partial charge >= 0.3 is 0 Å². The van der Waals surface area contributed by atoms with Crippen molar-refractivity contribution < 1.29 is 4.39 Å². The Morgan fingerprint density at radius 3 is 2.75 bits per heavy atom. The van der Waals surface area contributed by atoms with Crippen LogP contribution in [0.15, 0.2) is 40.9 Å². The van der Waals surface area contributed by atoms with Gasteiger partial charge in [0.25, 0.3) is 0 Å². The van der Waals surface area contributed by atoms with Gasteiger partial charge in [-0.15, -0.1) is 0 Å². The lowest BCUT2D eigenvalue weighted by atomic mass is 9.98. The number of hydrazine groups is 1. The molecule has 0 fully saturated rings. The van der Waals surface area contributed by atoms with E-state index in [1.165, 1.54) is 6.07 Å². The Kier molecular flexibility index (Phi) is 5.16. The Morgan fingerprint density at radius 2 is 2.10 bits per heavy atom. The Bertz CT molecular complexity index is 619. The number of hydrogen-bond acceptors (Lipinski definition) is 2. The maximum Gasteiger partial charge on any atom is 0.142 e. The highest BCUT2D eigenvalue weighted by molar-refractivity contribution is 9.10. The highest BCUT2D eigenvalue weighted by Crippen LogP contribution is 2.27. The van der Waals surface area contributed by atoms with Gasteiger partial charge in [-0.25, -0.2) is 4.39 Å². The second kappa shape index (κ2) is 6.68. The van der Waals surface area contributed by atoms with Crippen molar-refractivity contribution in [2.45, 2.75) is 19.4 Å². The summed E-state index contributed by atoms with van der Waals surface area (Å²) >= 11 is 9.49. The molecule has 2 aromatic rings. The third-order valence-electron chi connectivity index (χ3n) is 3.26. The third kappa shape index (κ3) is 3.38. The van der Waals surface area contributed by atoms with Crippen molar-refractivity contribution in [1.82, 2.24) is 5.43 Å². The molecule has 0 aliphatic rings. The minimum Gasteiger partial charge on any atom is -0.271 e. The van der Waals surface area contributed by atoms with E-state index in [0.717, 1.165) is 21.2 Å². The van der Waals surface area contributed by atoms with E-state index in [9.17, 15) is 4.39 Å². The molecule has 1 atom stereocenters. The molecule has 0 amide bonds. The second-order valence-electron chi connectivity index (χ2n) is 4.64. The van der Waals surface area contributed by atoms with Gasteiger partial charge in [-0.1, -0.05) is 51.8 Å². The predicted molar refractivity (Wildman–Crippen MR) is 84.1 cm³/mol. The lowest BCUT2D eigenvalue weighted by molar-refractivity contribution is 0.548. The van der Waals surface area contributed by atoms with Crippen LogP contribution in [0.3, 0.4) is 0 Å². The van der Waals surface area contributed by atoms with E-state index < -0.39 is 5.82 Å². The quantitative estimate of drug-likeness (QED) is 0.632. The zero-order valence-electron chi connectivity index (χ0n) is 11.0. The first-order valence-corrected chi connectivity index (χ1v) is 7.35. The average molecular weight is 358 g/mol. The second-order valence-corrected chi connectivity index (χ2v) is 5.88. The fourth-order valence-electron chi connectivity index (χ4n) is 2.02. The third-order valence-corrected chi connectivity index (χ3v) is 4.53. The number of nitrogens with one attached hydrogen (secondary N) is 1. The number of benzene rings is 2. The first-order valence-electron chi connectivity index (χ1n) is 6.18. The van der Waals surface area contributed by atoms with Crippen molar-refractivity contribution in [3.63, 3.8) is 0 Å². The Morgan fingerprint density at radius 1 is 1.35 bits per heavy atom. The van der Waals surface area contributed by atoms with Crippen LogP contribution < -0.4 is 11.3 Å². The molecule has 2 nitrogen and oxygen atoms in total. The summed E-state index contributed by atoms with van der Waals surface area (Å²) in [5, 5.41) is 0.152. The van der Waals surface area contributed by atoms with Gasteiger partial charge in [0.2, 0.25) is 0 Å². The molecule has 0 aliphatic heterocycles. The van der Waals surface area contributed by atoms with Crippen molar-refractivity contribution in [1.29, 1.82) is 0 Å². The monoisotopic (exact) mass is 356 g/mol. The summed E-state index contributed by atoms with van der Waals surface area (Å²) in [5.41, 5.74) is 5.65. The van der Waals surface area contributed by atoms with Crippen molar-refractivity contribution in [3.8, 4) is 0 Å². The summed E-state index contributed by atoms with van der Waals surface area (Å²) in [7, 11) is 0. The Balaban J connectivity index is 2.28. The summed E-state index contributed by atoms with van der Waals surface area (Å²) in [6.45, 7) is 2.02. The molecule has 0 bridgehead atoms. The average Bonchev–Trinajstić information content (AvgIpc) is 2.44. The highest BCUT2D eigenvalue weighted by Gasteiger charge is 2.15. The van der Waals surface area contributed by atoms with Crippen LogP contribution in [0, 0.1) is 12.7 Å². The summed E-state index contributed by atoms with van der Waals surface area (Å²) in [6, 6.07) is 10.7. The van der Waals surface area contributed by atoms with Gasteiger partial charge in [-0.2, -0.15) is 0 Å². The van der Waals surface area contributed by atoms with Crippen molar-refractivity contribution in [2.24, 2.45) is 5.84 Å². The van der Waals surface area contributed by atoms with Crippen molar-refractivity contribution in [2.75, 3.05) is 0 Å². The molecule has 0 saturated heterocycles. The lowest BCUT2D eigenvalue weighted by Gasteiger charge is -2.18. The molecular weight excluding hydrogens is 343 g/mol. The van der Waals surface area contributed by atoms with Crippen LogP contribution in [0.1, 0.15) is 22.7 Å². The van der Waals surface area contributed by atoms with E-state index in [-0.39, 0.29) is 11.1 Å². The zero-order valence-corrected chi connectivity index (χ0v) is 13.3. The van der Waals surface area contributed by atoms with Crippen LogP contribution in [0.4, 0.5) is 4.39 Å². The van der Waals surface area contributed by atoms with Crippen LogP contribution >= 0.6 is 27.5 Å². The van der Waals surface area contributed by atoms with Crippen LogP contribution in [-0.2, 0) is 6.42 Å². The van der Waals surface area contributed by atoms with Crippen molar-refractivity contribution >= 4 is 27.5 Å². The van der Waals surface area contributed by atoms with Gasteiger partial charge in [0.1, 0.15) is 5.82 Å². The maximum atomic E-state index is 13.5. The Labute approximate surface area is 131 Å². The van der Waals surface area contributed by atoms with Gasteiger partial charge in [0.05, 0.1) is 11.1 Å². The maximum absolute atomic E-state index is 13.5. The molecule has 0 spiro atoms. The number of halogens is 3. The van der Waals surface area contributed by atoms with Gasteiger partial charge in [0.15, 0.2) is 0 Å². The normalized spacial score (nSPS) is 12.4. The van der Waals surface area contributed by atoms with E-state index >= 15 is 0 Å². The molecule has 1 unspecified atom stereocenters. The Hall–Kier alpha value is -0.940. The van der Waals surface area contributed by atoms with Crippen molar-refractivity contribution in [3.05, 3.63) is 68.4 Å². The summed E-state index contributed by atoms with van der Waals surface area (Å²) in [4.78, 5) is 0. The van der Waals surface area contributed by atoms with Gasteiger partial charge in [-0.3, -0.25) is 11.3 Å². The standard InChI is InChI=1S/C15H15BrClFN2/c1-9-5-6-10(7-12(9)16)14(20-19)8-11-3-2-4-13(18)15(11)17/h2-7,14,20H,8,19H2,1H3. The lowest BCUT2D eigenvalue weighted by Crippen LogP contribution is -2.29. The summed E-state index contributed by atoms with van der Waals surface area (Å²) in [6.07, 6.45) is 0.516. The predicted octanol–water partition coefficient (Wildman–Crippen LogP) is 4.30. The first kappa shape index (κ1) is 15.4.